The maximum absolute atomic E-state index is 6.34. The van der Waals surface area contributed by atoms with Gasteiger partial charge in [0.15, 0.2) is 0 Å². The van der Waals surface area contributed by atoms with Crippen LogP contribution in [0.15, 0.2) is 5.51 Å². The third-order valence-electron chi connectivity index (χ3n) is 6.95. The molecule has 1 saturated carbocycles. The third kappa shape index (κ3) is 4.32. The molecule has 26 heavy (non-hydrogen) atoms. The summed E-state index contributed by atoms with van der Waals surface area (Å²) >= 11 is 1.79. The van der Waals surface area contributed by atoms with Gasteiger partial charge in [-0.25, -0.2) is 4.98 Å². The lowest BCUT2D eigenvalue weighted by molar-refractivity contribution is -0.0733. The van der Waals surface area contributed by atoms with Gasteiger partial charge in [-0.15, -0.1) is 11.3 Å². The molecule has 146 valence electrons. The van der Waals surface area contributed by atoms with Gasteiger partial charge in [0, 0.05) is 44.3 Å². The second-order valence-corrected chi connectivity index (χ2v) is 9.49. The molecule has 1 aromatic heterocycles. The van der Waals surface area contributed by atoms with Gasteiger partial charge >= 0.3 is 0 Å². The Morgan fingerprint density at radius 1 is 1.27 bits per heavy atom. The Balaban J connectivity index is 1.22. The van der Waals surface area contributed by atoms with E-state index in [-0.39, 0.29) is 5.60 Å². The van der Waals surface area contributed by atoms with Crippen molar-refractivity contribution in [2.45, 2.75) is 70.4 Å². The van der Waals surface area contributed by atoms with Gasteiger partial charge in [-0.05, 0) is 57.3 Å². The predicted octanol–water partition coefficient (Wildman–Crippen LogP) is 4.42. The van der Waals surface area contributed by atoms with Crippen molar-refractivity contribution in [1.82, 2.24) is 9.88 Å². The first kappa shape index (κ1) is 18.9. The van der Waals surface area contributed by atoms with E-state index in [0.717, 1.165) is 45.4 Å². The first-order valence-corrected chi connectivity index (χ1v) is 11.5. The molecule has 2 aliphatic heterocycles. The molecule has 5 heteroatoms. The first-order chi connectivity index (χ1) is 12.8. The van der Waals surface area contributed by atoms with E-state index in [1.165, 1.54) is 61.9 Å². The quantitative estimate of drug-likeness (QED) is 0.658. The summed E-state index contributed by atoms with van der Waals surface area (Å²) in [4.78, 5) is 8.39. The average molecular weight is 379 g/mol. The van der Waals surface area contributed by atoms with Crippen LogP contribution in [0.4, 0.5) is 0 Å². The molecule has 1 spiro atoms. The van der Waals surface area contributed by atoms with E-state index < -0.39 is 0 Å². The number of hydrogen-bond acceptors (Lipinski definition) is 5. The zero-order valence-corrected chi connectivity index (χ0v) is 17.1. The summed E-state index contributed by atoms with van der Waals surface area (Å²) in [5.74, 6) is 1.53. The summed E-state index contributed by atoms with van der Waals surface area (Å²) in [6, 6.07) is 0. The predicted molar refractivity (Wildman–Crippen MR) is 106 cm³/mol. The van der Waals surface area contributed by atoms with Crippen molar-refractivity contribution in [3.05, 3.63) is 16.1 Å². The monoisotopic (exact) mass is 378 g/mol. The lowest BCUT2D eigenvalue weighted by Crippen LogP contribution is -2.47. The molecule has 4 rings (SSSR count). The molecule has 3 fully saturated rings. The Morgan fingerprint density at radius 2 is 2.08 bits per heavy atom. The Kier molecular flexibility index (Phi) is 6.29. The minimum atomic E-state index is 0.135. The van der Waals surface area contributed by atoms with Crippen LogP contribution in [0.5, 0.6) is 0 Å². The highest BCUT2D eigenvalue weighted by Gasteiger charge is 2.45. The van der Waals surface area contributed by atoms with Gasteiger partial charge in [0.05, 0.1) is 16.8 Å². The number of ether oxygens (including phenoxy) is 2. The highest BCUT2D eigenvalue weighted by Crippen LogP contribution is 2.42. The van der Waals surface area contributed by atoms with Crippen LogP contribution in [-0.4, -0.2) is 48.4 Å². The van der Waals surface area contributed by atoms with E-state index in [4.69, 9.17) is 9.47 Å². The fourth-order valence-electron chi connectivity index (χ4n) is 5.17. The van der Waals surface area contributed by atoms with Gasteiger partial charge < -0.3 is 9.47 Å². The van der Waals surface area contributed by atoms with Crippen LogP contribution in [0.25, 0.3) is 0 Å². The molecule has 0 N–H and O–H groups in total. The molecule has 2 saturated heterocycles. The number of aromatic nitrogens is 1. The van der Waals surface area contributed by atoms with Crippen molar-refractivity contribution in [2.24, 2.45) is 11.8 Å². The van der Waals surface area contributed by atoms with E-state index >= 15 is 0 Å². The Labute approximate surface area is 162 Å². The van der Waals surface area contributed by atoms with Crippen LogP contribution in [-0.2, 0) is 16.0 Å². The molecule has 0 aromatic carbocycles. The largest absolute Gasteiger partial charge is 0.381 e. The fourth-order valence-corrected chi connectivity index (χ4v) is 5.99. The van der Waals surface area contributed by atoms with E-state index in [2.05, 4.69) is 16.8 Å². The molecular weight excluding hydrogens is 344 g/mol. The number of likely N-dealkylation sites (tertiary alicyclic amines) is 1. The molecule has 0 amide bonds. The van der Waals surface area contributed by atoms with E-state index in [0.29, 0.717) is 5.92 Å². The molecule has 1 aliphatic carbocycles. The van der Waals surface area contributed by atoms with Crippen molar-refractivity contribution >= 4 is 11.3 Å². The van der Waals surface area contributed by atoms with Gasteiger partial charge in [-0.3, -0.25) is 4.90 Å². The van der Waals surface area contributed by atoms with Gasteiger partial charge in [-0.2, -0.15) is 0 Å². The standard InChI is InChI=1S/C21H34N2O2S/c1-17-20(26-16-22-17)14-23-10-8-21(9-11-23)19(7-13-25-21)6-12-24-15-18-4-2-3-5-18/h16,18-19H,2-15H2,1H3. The summed E-state index contributed by atoms with van der Waals surface area (Å²) in [6.45, 7) is 8.34. The minimum Gasteiger partial charge on any atom is -0.381 e. The Hall–Kier alpha value is -0.490. The van der Waals surface area contributed by atoms with Crippen LogP contribution >= 0.6 is 11.3 Å². The molecular formula is C21H34N2O2S. The van der Waals surface area contributed by atoms with Gasteiger partial charge in [0.2, 0.25) is 0 Å². The number of nitrogens with zero attached hydrogens (tertiary/aromatic N) is 2. The van der Waals surface area contributed by atoms with Gasteiger partial charge in [-0.1, -0.05) is 12.8 Å². The second-order valence-electron chi connectivity index (χ2n) is 8.55. The Morgan fingerprint density at radius 3 is 2.81 bits per heavy atom. The van der Waals surface area contributed by atoms with Gasteiger partial charge in [0.25, 0.3) is 0 Å². The molecule has 0 bridgehead atoms. The third-order valence-corrected chi connectivity index (χ3v) is 7.87. The number of aryl methyl sites for hydroxylation is 1. The number of hydrogen-bond donors (Lipinski definition) is 0. The van der Waals surface area contributed by atoms with E-state index in [1.54, 1.807) is 11.3 Å². The molecule has 1 aromatic rings. The van der Waals surface area contributed by atoms with Crippen molar-refractivity contribution in [3.8, 4) is 0 Å². The van der Waals surface area contributed by atoms with Crippen molar-refractivity contribution in [1.29, 1.82) is 0 Å². The normalized spacial score (nSPS) is 26.9. The van der Waals surface area contributed by atoms with Crippen LogP contribution in [0, 0.1) is 18.8 Å². The number of thiazole rings is 1. The number of piperidine rings is 1. The number of rotatable bonds is 7. The van der Waals surface area contributed by atoms with Crippen LogP contribution in [0.2, 0.25) is 0 Å². The molecule has 0 radical (unpaired) electrons. The molecule has 1 unspecified atom stereocenters. The van der Waals surface area contributed by atoms with Crippen molar-refractivity contribution in [2.75, 3.05) is 32.9 Å². The lowest BCUT2D eigenvalue weighted by Gasteiger charge is -2.42. The summed E-state index contributed by atoms with van der Waals surface area (Å²) < 4.78 is 12.4. The second kappa shape index (κ2) is 8.68. The highest BCUT2D eigenvalue weighted by atomic mass is 32.1. The smallest absolute Gasteiger partial charge is 0.0798 e. The summed E-state index contributed by atoms with van der Waals surface area (Å²) in [5, 5.41) is 0. The van der Waals surface area contributed by atoms with E-state index in [1.807, 2.05) is 5.51 Å². The van der Waals surface area contributed by atoms with E-state index in [9.17, 15) is 0 Å². The summed E-state index contributed by atoms with van der Waals surface area (Å²) in [5.41, 5.74) is 3.30. The average Bonchev–Trinajstić information content (AvgIpc) is 3.38. The highest BCUT2D eigenvalue weighted by molar-refractivity contribution is 7.09. The van der Waals surface area contributed by atoms with Crippen molar-refractivity contribution in [3.63, 3.8) is 0 Å². The molecule has 1 atom stereocenters. The zero-order valence-electron chi connectivity index (χ0n) is 16.3. The van der Waals surface area contributed by atoms with Gasteiger partial charge in [0.1, 0.15) is 0 Å². The first-order valence-electron chi connectivity index (χ1n) is 10.6. The Bertz CT molecular complexity index is 562. The lowest BCUT2D eigenvalue weighted by atomic mass is 9.78. The van der Waals surface area contributed by atoms with Crippen LogP contribution in [0.3, 0.4) is 0 Å². The molecule has 3 heterocycles. The topological polar surface area (TPSA) is 34.6 Å². The molecule has 4 nitrogen and oxygen atoms in total. The fraction of sp³-hybridized carbons (Fsp3) is 0.857. The minimum absolute atomic E-state index is 0.135. The van der Waals surface area contributed by atoms with Crippen LogP contribution in [0.1, 0.15) is 61.9 Å². The van der Waals surface area contributed by atoms with Crippen LogP contribution < -0.4 is 0 Å². The summed E-state index contributed by atoms with van der Waals surface area (Å²) in [6.07, 6.45) is 10.3. The summed E-state index contributed by atoms with van der Waals surface area (Å²) in [7, 11) is 0. The SMILES string of the molecule is Cc1ncsc1CN1CCC2(CC1)OCCC2CCOCC1CCCC1. The maximum atomic E-state index is 6.34. The zero-order chi connectivity index (χ0) is 17.8. The maximum Gasteiger partial charge on any atom is 0.0798 e. The van der Waals surface area contributed by atoms with Crippen molar-refractivity contribution < 1.29 is 9.47 Å². The molecule has 3 aliphatic rings.